The molecule has 0 aliphatic carbocycles. The highest BCUT2D eigenvalue weighted by Gasteiger charge is 2.38. The lowest BCUT2D eigenvalue weighted by molar-refractivity contribution is -0.137. The van der Waals surface area contributed by atoms with Gasteiger partial charge in [0.15, 0.2) is 0 Å². The van der Waals surface area contributed by atoms with Gasteiger partial charge in [-0.2, -0.15) is 0 Å². The summed E-state index contributed by atoms with van der Waals surface area (Å²) in [4.78, 5) is 68.3. The predicted octanol–water partition coefficient (Wildman–Crippen LogP) is 7.86. The summed E-state index contributed by atoms with van der Waals surface area (Å²) in [5, 5.41) is 11.9. The lowest BCUT2D eigenvalue weighted by Crippen LogP contribution is -2.55. The summed E-state index contributed by atoms with van der Waals surface area (Å²) in [5.41, 5.74) is 4.09. The van der Waals surface area contributed by atoms with Crippen LogP contribution in [0.25, 0.3) is 0 Å². The number of aryl methyl sites for hydroxylation is 1. The monoisotopic (exact) mass is 850 g/mol. The molecule has 4 amide bonds. The summed E-state index contributed by atoms with van der Waals surface area (Å²) in [5.74, 6) is -2.02. The molecule has 0 bridgehead atoms. The second-order valence-corrected chi connectivity index (χ2v) is 15.7. The largest absolute Gasteiger partial charge is 0.463 e. The minimum absolute atomic E-state index is 0.00627. The van der Waals surface area contributed by atoms with Gasteiger partial charge in [-0.25, -0.2) is 9.59 Å². The van der Waals surface area contributed by atoms with Gasteiger partial charge in [0.2, 0.25) is 17.7 Å². The Morgan fingerprint density at radius 1 is 0.635 bits per heavy atom. The Bertz CT molecular complexity index is 2170. The molecule has 11 nitrogen and oxygen atoms in total. The fourth-order valence-corrected chi connectivity index (χ4v) is 7.36. The molecule has 5 aromatic rings. The zero-order chi connectivity index (χ0) is 45.0. The summed E-state index contributed by atoms with van der Waals surface area (Å²) in [7, 11) is 0. The molecule has 0 aliphatic heterocycles. The van der Waals surface area contributed by atoms with Gasteiger partial charge < -0.3 is 30.7 Å². The molecule has 0 aliphatic rings. The lowest BCUT2D eigenvalue weighted by Gasteiger charge is -2.37. The van der Waals surface area contributed by atoms with Crippen LogP contribution >= 0.6 is 0 Å². The molecule has 4 N–H and O–H groups in total. The number of carbonyl (C=O) groups excluding carboxylic acids is 5. The van der Waals surface area contributed by atoms with E-state index in [0.717, 1.165) is 33.4 Å². The molecule has 5 rings (SSSR count). The first kappa shape index (κ1) is 47.0. The van der Waals surface area contributed by atoms with Crippen molar-refractivity contribution in [2.75, 3.05) is 6.61 Å². The zero-order valence-electron chi connectivity index (χ0n) is 36.4. The van der Waals surface area contributed by atoms with Gasteiger partial charge in [0, 0.05) is 25.0 Å². The van der Waals surface area contributed by atoms with Crippen LogP contribution in [-0.4, -0.2) is 54.5 Å². The van der Waals surface area contributed by atoms with Gasteiger partial charge in [-0.1, -0.05) is 166 Å². The topological polar surface area (TPSA) is 152 Å². The third kappa shape index (κ3) is 14.0. The normalized spacial score (nSPS) is 12.7. The van der Waals surface area contributed by atoms with Crippen molar-refractivity contribution in [3.63, 3.8) is 0 Å². The highest BCUT2D eigenvalue weighted by Crippen LogP contribution is 2.37. The van der Waals surface area contributed by atoms with Crippen molar-refractivity contribution in [1.82, 2.24) is 21.3 Å². The number of amides is 4. The van der Waals surface area contributed by atoms with Gasteiger partial charge in [-0.3, -0.25) is 14.4 Å². The number of hydrogen-bond donors (Lipinski definition) is 4. The van der Waals surface area contributed by atoms with Crippen LogP contribution in [0.3, 0.4) is 0 Å². The van der Waals surface area contributed by atoms with E-state index in [4.69, 9.17) is 9.47 Å². The van der Waals surface area contributed by atoms with Crippen molar-refractivity contribution in [1.29, 1.82) is 0 Å². The van der Waals surface area contributed by atoms with E-state index in [1.54, 1.807) is 6.92 Å². The minimum Gasteiger partial charge on any atom is -0.463 e. The van der Waals surface area contributed by atoms with Crippen LogP contribution in [0.1, 0.15) is 73.4 Å². The molecule has 0 aromatic heterocycles. The van der Waals surface area contributed by atoms with Crippen molar-refractivity contribution in [3.8, 4) is 0 Å². The molecule has 0 unspecified atom stereocenters. The number of esters is 1. The Kier molecular flexibility index (Phi) is 17.8. The third-order valence-electron chi connectivity index (χ3n) is 10.6. The first-order valence-corrected chi connectivity index (χ1v) is 21.4. The Morgan fingerprint density at radius 3 is 1.70 bits per heavy atom. The number of ether oxygens (including phenoxy) is 2. The summed E-state index contributed by atoms with van der Waals surface area (Å²) in [6.07, 6.45) is 2.41. The summed E-state index contributed by atoms with van der Waals surface area (Å²) < 4.78 is 10.6. The summed E-state index contributed by atoms with van der Waals surface area (Å²) in [6.45, 7) is 7.64. The molecule has 0 saturated carbocycles. The smallest absolute Gasteiger partial charge is 0.408 e. The van der Waals surface area contributed by atoms with Gasteiger partial charge in [0.25, 0.3) is 0 Å². The van der Waals surface area contributed by atoms with E-state index >= 15 is 0 Å². The minimum atomic E-state index is -1.10. The third-order valence-corrected chi connectivity index (χ3v) is 10.6. The van der Waals surface area contributed by atoms with Gasteiger partial charge >= 0.3 is 12.1 Å². The van der Waals surface area contributed by atoms with E-state index in [9.17, 15) is 24.0 Å². The van der Waals surface area contributed by atoms with Gasteiger partial charge in [-0.15, -0.1) is 0 Å². The standard InChI is InChI=1S/C52H58N4O7/c1-5-62-48(58)33-31-44(30-32-47(57)56-52(41-24-12-7-13-25-41,42-26-14-8-15-27-42)43-28-16-9-17-29-43)53-49(59)46(35-39-21-10-6-11-22-39)54-50(60)45(34-37(2)3)55-51(61)63-36-40-23-19-18-20-38(40)4/h6-29,31,33,37,44-46H,5,30,32,34-36H2,1-4H3,(H,53,59)(H,54,60)(H,55,61)(H,56,57)/b33-31+/t44-,45-,46-/m0/s1. The van der Waals surface area contributed by atoms with Crippen LogP contribution in [0.4, 0.5) is 4.79 Å². The predicted molar refractivity (Wildman–Crippen MR) is 244 cm³/mol. The van der Waals surface area contributed by atoms with E-state index in [0.29, 0.717) is 0 Å². The van der Waals surface area contributed by atoms with Gasteiger partial charge in [0.1, 0.15) is 24.2 Å². The molecule has 0 saturated heterocycles. The van der Waals surface area contributed by atoms with E-state index in [2.05, 4.69) is 21.3 Å². The van der Waals surface area contributed by atoms with Crippen LogP contribution in [0.15, 0.2) is 158 Å². The van der Waals surface area contributed by atoms with Gasteiger partial charge in [0.05, 0.1) is 6.61 Å². The van der Waals surface area contributed by atoms with E-state index in [-0.39, 0.29) is 50.7 Å². The first-order valence-electron chi connectivity index (χ1n) is 21.4. The van der Waals surface area contributed by atoms with E-state index in [1.807, 2.05) is 166 Å². The maximum atomic E-state index is 14.4. The van der Waals surface area contributed by atoms with Crippen LogP contribution < -0.4 is 21.3 Å². The highest BCUT2D eigenvalue weighted by molar-refractivity contribution is 5.92. The molecule has 3 atom stereocenters. The maximum Gasteiger partial charge on any atom is 0.408 e. The quantitative estimate of drug-likeness (QED) is 0.0334. The average Bonchev–Trinajstić information content (AvgIpc) is 3.29. The molecule has 0 spiro atoms. The SMILES string of the molecule is CCOC(=O)/C=C/[C@H](CCC(=O)NC(c1ccccc1)(c1ccccc1)c1ccccc1)NC(=O)[C@H](Cc1ccccc1)NC(=O)[C@H](CC(C)C)NC(=O)OCc1ccccc1C. The molecule has 11 heteroatoms. The number of nitrogens with one attached hydrogen (secondary N) is 4. The average molecular weight is 851 g/mol. The Balaban J connectivity index is 1.38. The highest BCUT2D eigenvalue weighted by atomic mass is 16.5. The number of benzene rings is 5. The van der Waals surface area contributed by atoms with Crippen LogP contribution in [0.5, 0.6) is 0 Å². The second-order valence-electron chi connectivity index (χ2n) is 15.7. The van der Waals surface area contributed by atoms with E-state index in [1.165, 1.54) is 12.2 Å². The van der Waals surface area contributed by atoms with Gasteiger partial charge in [-0.05, 0) is 66.0 Å². The summed E-state index contributed by atoms with van der Waals surface area (Å²) in [6, 6.07) is 43.0. The first-order chi connectivity index (χ1) is 30.5. The number of hydrogen-bond acceptors (Lipinski definition) is 7. The fourth-order valence-electron chi connectivity index (χ4n) is 7.36. The molecule has 0 fully saturated rings. The van der Waals surface area contributed by atoms with Crippen molar-refractivity contribution < 1.29 is 33.4 Å². The fraction of sp³-hybridized carbons (Fsp3) is 0.288. The van der Waals surface area contributed by atoms with Crippen LogP contribution in [0.2, 0.25) is 0 Å². The van der Waals surface area contributed by atoms with Crippen molar-refractivity contribution in [3.05, 3.63) is 191 Å². The molecule has 63 heavy (non-hydrogen) atoms. The number of alkyl carbamates (subject to hydrolysis) is 1. The summed E-state index contributed by atoms with van der Waals surface area (Å²) >= 11 is 0. The van der Waals surface area contributed by atoms with Crippen molar-refractivity contribution in [2.45, 2.75) is 83.6 Å². The van der Waals surface area contributed by atoms with Crippen LogP contribution in [0, 0.1) is 12.8 Å². The Morgan fingerprint density at radius 2 is 1.16 bits per heavy atom. The van der Waals surface area contributed by atoms with E-state index < -0.39 is 47.5 Å². The molecule has 0 heterocycles. The Hall–Kier alpha value is -7.01. The van der Waals surface area contributed by atoms with Crippen LogP contribution in [-0.2, 0) is 47.2 Å². The molecular weight excluding hydrogens is 793 g/mol. The molecular formula is C52H58N4O7. The second kappa shape index (κ2) is 23.8. The lowest BCUT2D eigenvalue weighted by atomic mass is 9.77. The molecule has 0 radical (unpaired) electrons. The molecule has 5 aromatic carbocycles. The number of rotatable bonds is 21. The van der Waals surface area contributed by atoms with Crippen molar-refractivity contribution >= 4 is 29.8 Å². The van der Waals surface area contributed by atoms with Crippen molar-refractivity contribution in [2.24, 2.45) is 5.92 Å². The maximum absolute atomic E-state index is 14.4. The molecule has 328 valence electrons. The zero-order valence-corrected chi connectivity index (χ0v) is 36.4. The Labute approximate surface area is 370 Å². The number of carbonyl (C=O) groups is 5.